The summed E-state index contributed by atoms with van der Waals surface area (Å²) in [6.45, 7) is 3.07. The van der Waals surface area contributed by atoms with Crippen LogP contribution in [0.1, 0.15) is 51.9 Å². The highest BCUT2D eigenvalue weighted by Gasteiger charge is 2.15. The third-order valence-corrected chi connectivity index (χ3v) is 4.16. The summed E-state index contributed by atoms with van der Waals surface area (Å²) >= 11 is 0. The van der Waals surface area contributed by atoms with Crippen LogP contribution >= 0.6 is 0 Å². The molecule has 4 heteroatoms. The van der Waals surface area contributed by atoms with Crippen molar-refractivity contribution in [2.75, 3.05) is 34.0 Å². The molecular weight excluding hydrogens is 374 g/mol. The van der Waals surface area contributed by atoms with Crippen molar-refractivity contribution >= 4 is 5.97 Å². The van der Waals surface area contributed by atoms with Crippen LogP contribution in [0.25, 0.3) is 0 Å². The van der Waals surface area contributed by atoms with Gasteiger partial charge in [-0.3, -0.25) is 9.28 Å². The van der Waals surface area contributed by atoms with Crippen molar-refractivity contribution in [3.63, 3.8) is 0 Å². The van der Waals surface area contributed by atoms with Gasteiger partial charge in [0.15, 0.2) is 0 Å². The minimum Gasteiger partial charge on any atom is -0.415 e. The van der Waals surface area contributed by atoms with E-state index in [0.29, 0.717) is 11.0 Å². The Morgan fingerprint density at radius 1 is 0.733 bits per heavy atom. The number of esters is 1. The molecule has 0 saturated carbocycles. The Hall–Kier alpha value is -2.17. The van der Waals surface area contributed by atoms with Crippen LogP contribution in [0.4, 0.5) is 0 Å². The molecule has 0 aliphatic carbocycles. The number of allylic oxidation sites excluding steroid dienone is 11. The molecule has 0 saturated heterocycles. The molecule has 0 aromatic carbocycles. The first-order valence-electron chi connectivity index (χ1n) is 11.0. The van der Waals surface area contributed by atoms with Crippen LogP contribution in [0.3, 0.4) is 0 Å². The summed E-state index contributed by atoms with van der Waals surface area (Å²) in [5.74, 6) is -0.237. The minimum absolute atomic E-state index is 0.0811. The number of aliphatic hydroxyl groups is 1. The first-order valence-corrected chi connectivity index (χ1v) is 11.0. The zero-order valence-electron chi connectivity index (χ0n) is 19.2. The van der Waals surface area contributed by atoms with Gasteiger partial charge in [0, 0.05) is 0 Å². The fourth-order valence-corrected chi connectivity index (χ4v) is 2.34. The van der Waals surface area contributed by atoms with Gasteiger partial charge in [0.05, 0.1) is 27.1 Å². The lowest BCUT2D eigenvalue weighted by Crippen LogP contribution is -2.44. The van der Waals surface area contributed by atoms with Gasteiger partial charge in [-0.1, -0.05) is 79.8 Å². The molecular formula is C26H42NO3+. The summed E-state index contributed by atoms with van der Waals surface area (Å²) in [6, 6.07) is 0. The number of aliphatic hydroxyl groups excluding tert-OH is 1. The number of hydrogen-bond acceptors (Lipinski definition) is 3. The van der Waals surface area contributed by atoms with E-state index < -0.39 is 0 Å². The quantitative estimate of drug-likeness (QED) is 0.144. The van der Waals surface area contributed by atoms with Gasteiger partial charge in [-0.2, -0.15) is 0 Å². The molecule has 0 fully saturated rings. The summed E-state index contributed by atoms with van der Waals surface area (Å²) in [7, 11) is 3.83. The summed E-state index contributed by atoms with van der Waals surface area (Å²) in [6.07, 6.45) is 31.7. The highest BCUT2D eigenvalue weighted by molar-refractivity contribution is 5.70. The summed E-state index contributed by atoms with van der Waals surface area (Å²) < 4.78 is 5.69. The summed E-state index contributed by atoms with van der Waals surface area (Å²) in [5, 5.41) is 8.95. The van der Waals surface area contributed by atoms with Crippen molar-refractivity contribution in [1.29, 1.82) is 0 Å². The number of nitrogens with zero attached hydrogens (tertiary/aromatic N) is 1. The first-order chi connectivity index (χ1) is 14.5. The van der Waals surface area contributed by atoms with E-state index in [4.69, 9.17) is 9.84 Å². The maximum Gasteiger partial charge on any atom is 0.313 e. The Morgan fingerprint density at radius 2 is 1.13 bits per heavy atom. The number of rotatable bonds is 17. The van der Waals surface area contributed by atoms with Crippen LogP contribution in [0.15, 0.2) is 72.9 Å². The standard InChI is InChI=1S/C26H42NO3/c1-4-5-6-7-8-9-10-11-12-13-14-15-16-17-18-19-20-21-22-26(29)30-25-27(2,3)23-24-28/h5-6,8-9,11-12,14-15,17-18,20-21,28H,4,7,10,13,16,19,22-25H2,1-3H3/q+1. The van der Waals surface area contributed by atoms with E-state index in [0.717, 1.165) is 38.5 Å². The molecule has 4 nitrogen and oxygen atoms in total. The van der Waals surface area contributed by atoms with E-state index in [1.54, 1.807) is 0 Å². The van der Waals surface area contributed by atoms with E-state index in [2.05, 4.69) is 67.7 Å². The van der Waals surface area contributed by atoms with Crippen LogP contribution in [0.5, 0.6) is 0 Å². The van der Waals surface area contributed by atoms with Gasteiger partial charge in [-0.05, 0) is 38.5 Å². The monoisotopic (exact) mass is 416 g/mol. The molecule has 0 rings (SSSR count). The zero-order valence-corrected chi connectivity index (χ0v) is 19.2. The molecule has 0 aliphatic heterocycles. The van der Waals surface area contributed by atoms with Gasteiger partial charge in [-0.25, -0.2) is 0 Å². The van der Waals surface area contributed by atoms with Crippen molar-refractivity contribution in [3.8, 4) is 0 Å². The lowest BCUT2D eigenvalue weighted by Gasteiger charge is -2.27. The molecule has 0 unspecified atom stereocenters. The molecule has 1 N–H and O–H groups in total. The minimum atomic E-state index is -0.237. The highest BCUT2D eigenvalue weighted by Crippen LogP contribution is 2.00. The van der Waals surface area contributed by atoms with Crippen LogP contribution in [0.2, 0.25) is 0 Å². The lowest BCUT2D eigenvalue weighted by atomic mass is 10.2. The van der Waals surface area contributed by atoms with Crippen molar-refractivity contribution in [2.45, 2.75) is 51.9 Å². The van der Waals surface area contributed by atoms with E-state index in [-0.39, 0.29) is 25.7 Å². The van der Waals surface area contributed by atoms with Gasteiger partial charge in [-0.15, -0.1) is 0 Å². The van der Waals surface area contributed by atoms with E-state index >= 15 is 0 Å². The van der Waals surface area contributed by atoms with Crippen molar-refractivity contribution in [1.82, 2.24) is 0 Å². The van der Waals surface area contributed by atoms with Gasteiger partial charge in [0.1, 0.15) is 6.54 Å². The van der Waals surface area contributed by atoms with Gasteiger partial charge < -0.3 is 9.84 Å². The van der Waals surface area contributed by atoms with Crippen LogP contribution in [-0.2, 0) is 9.53 Å². The summed E-state index contributed by atoms with van der Waals surface area (Å²) in [4.78, 5) is 11.7. The van der Waals surface area contributed by atoms with Crippen molar-refractivity contribution < 1.29 is 19.1 Å². The third kappa shape index (κ3) is 20.6. The Kier molecular flexibility index (Phi) is 18.7. The number of quaternary nitrogens is 1. The third-order valence-electron chi connectivity index (χ3n) is 4.16. The van der Waals surface area contributed by atoms with Crippen molar-refractivity contribution in [2.24, 2.45) is 0 Å². The van der Waals surface area contributed by atoms with E-state index in [1.807, 2.05) is 26.2 Å². The fraction of sp³-hybridized carbons (Fsp3) is 0.500. The van der Waals surface area contributed by atoms with Crippen molar-refractivity contribution in [3.05, 3.63) is 72.9 Å². The van der Waals surface area contributed by atoms with Gasteiger partial charge in [0.2, 0.25) is 6.73 Å². The SMILES string of the molecule is CCC=CCC=CCC=CCC=CCC=CCC=CCC(=O)OC[N+](C)(C)CCO. The number of likely N-dealkylation sites (N-methyl/N-ethyl adjacent to an activating group) is 1. The normalized spacial score (nSPS) is 13.3. The number of hydrogen-bond donors (Lipinski definition) is 1. The molecule has 0 aromatic heterocycles. The Labute approximate surface area is 184 Å². The molecule has 0 aliphatic rings. The fourth-order valence-electron chi connectivity index (χ4n) is 2.34. The highest BCUT2D eigenvalue weighted by atomic mass is 16.5. The number of ether oxygens (including phenoxy) is 1. The number of carbonyl (C=O) groups excluding carboxylic acids is 1. The maximum absolute atomic E-state index is 11.7. The molecule has 0 amide bonds. The maximum atomic E-state index is 11.7. The smallest absolute Gasteiger partial charge is 0.313 e. The molecule has 0 atom stereocenters. The largest absolute Gasteiger partial charge is 0.415 e. The zero-order chi connectivity index (χ0) is 22.3. The predicted molar refractivity (Wildman–Crippen MR) is 128 cm³/mol. The molecule has 0 heterocycles. The number of carbonyl (C=O) groups is 1. The molecule has 30 heavy (non-hydrogen) atoms. The second kappa shape index (κ2) is 20.1. The average molecular weight is 417 g/mol. The second-order valence-corrected chi connectivity index (χ2v) is 7.65. The van der Waals surface area contributed by atoms with Crippen LogP contribution in [-0.4, -0.2) is 49.5 Å². The topological polar surface area (TPSA) is 46.5 Å². The molecule has 168 valence electrons. The van der Waals surface area contributed by atoms with Crippen LogP contribution < -0.4 is 0 Å². The molecule has 0 aromatic rings. The van der Waals surface area contributed by atoms with Gasteiger partial charge in [0.25, 0.3) is 0 Å². The average Bonchev–Trinajstić information content (AvgIpc) is 2.71. The summed E-state index contributed by atoms with van der Waals surface area (Å²) in [5.41, 5.74) is 0. The van der Waals surface area contributed by atoms with Crippen LogP contribution in [0, 0.1) is 0 Å². The first kappa shape index (κ1) is 27.8. The molecule has 0 radical (unpaired) electrons. The second-order valence-electron chi connectivity index (χ2n) is 7.65. The lowest BCUT2D eigenvalue weighted by molar-refractivity contribution is -0.907. The Morgan fingerprint density at radius 3 is 1.53 bits per heavy atom. The Balaban J connectivity index is 3.70. The predicted octanol–water partition coefficient (Wildman–Crippen LogP) is 5.64. The van der Waals surface area contributed by atoms with E-state index in [1.165, 1.54) is 0 Å². The van der Waals surface area contributed by atoms with Gasteiger partial charge >= 0.3 is 5.97 Å². The molecule has 0 bridgehead atoms. The molecule has 0 spiro atoms. The van der Waals surface area contributed by atoms with E-state index in [9.17, 15) is 4.79 Å². The Bertz CT molecular complexity index is 595.